The van der Waals surface area contributed by atoms with Crippen LogP contribution in [0.25, 0.3) is 0 Å². The van der Waals surface area contributed by atoms with E-state index >= 15 is 0 Å². The highest BCUT2D eigenvalue weighted by Gasteiger charge is 2.26. The highest BCUT2D eigenvalue weighted by molar-refractivity contribution is 5.97. The lowest BCUT2D eigenvalue weighted by Gasteiger charge is -2.30. The summed E-state index contributed by atoms with van der Waals surface area (Å²) in [7, 11) is 0. The van der Waals surface area contributed by atoms with Gasteiger partial charge < -0.3 is 26.0 Å². The third-order valence-electron chi connectivity index (χ3n) is 8.31. The van der Waals surface area contributed by atoms with E-state index in [0.29, 0.717) is 35.0 Å². The Balaban J connectivity index is 1.16. The smallest absolute Gasteiger partial charge is 0.350 e. The van der Waals surface area contributed by atoms with Crippen molar-refractivity contribution in [2.45, 2.75) is 70.3 Å². The SMILES string of the molecule is NCCCCC1CCC(n2cc3c(nc2=O)Nc2cc(C(=O)CCCCN4CCNCC4)ccc2O3)CC1. The molecule has 0 bridgehead atoms. The number of hydrogen-bond acceptors (Lipinski definition) is 8. The van der Waals surface area contributed by atoms with Crippen molar-refractivity contribution in [3.8, 4) is 11.5 Å². The van der Waals surface area contributed by atoms with Gasteiger partial charge in [0.2, 0.25) is 0 Å². The summed E-state index contributed by atoms with van der Waals surface area (Å²) in [4.78, 5) is 32.5. The molecular weight excluding hydrogens is 480 g/mol. The molecule has 3 aliphatic rings. The second kappa shape index (κ2) is 12.9. The molecule has 9 nitrogen and oxygen atoms in total. The molecule has 4 N–H and O–H groups in total. The number of anilines is 2. The first-order valence-electron chi connectivity index (χ1n) is 14.5. The van der Waals surface area contributed by atoms with E-state index in [1.54, 1.807) is 10.8 Å². The number of unbranched alkanes of at least 4 members (excludes halogenated alkanes) is 2. The van der Waals surface area contributed by atoms with E-state index < -0.39 is 0 Å². The van der Waals surface area contributed by atoms with Crippen LogP contribution < -0.4 is 26.8 Å². The first-order valence-corrected chi connectivity index (χ1v) is 14.5. The number of Topliss-reactive ketones (excluding diaryl/α,β-unsaturated/α-hetero) is 1. The fourth-order valence-electron chi connectivity index (χ4n) is 6.00. The molecule has 1 aromatic carbocycles. The molecule has 1 aliphatic carbocycles. The van der Waals surface area contributed by atoms with Crippen molar-refractivity contribution in [1.29, 1.82) is 0 Å². The van der Waals surface area contributed by atoms with Crippen LogP contribution in [0.4, 0.5) is 11.5 Å². The third-order valence-corrected chi connectivity index (χ3v) is 8.31. The Morgan fingerprint density at radius 3 is 2.66 bits per heavy atom. The standard InChI is InChI=1S/C29H42N6O3/c30-13-3-1-5-21-7-10-23(11-8-21)35-20-27-28(33-29(35)37)32-24-19-22(9-12-26(24)38-27)25(36)6-2-4-16-34-17-14-31-15-18-34/h9,12,19-21,23,31H,1-8,10-11,13-18,30H2,(H,32,33,37). The molecule has 2 aromatic rings. The van der Waals surface area contributed by atoms with Crippen molar-refractivity contribution in [3.05, 3.63) is 40.4 Å². The molecule has 0 atom stereocenters. The van der Waals surface area contributed by atoms with Crippen molar-refractivity contribution < 1.29 is 9.53 Å². The molecule has 38 heavy (non-hydrogen) atoms. The Kier molecular flexibility index (Phi) is 9.09. The number of ether oxygens (including phenoxy) is 1. The molecule has 1 saturated carbocycles. The summed E-state index contributed by atoms with van der Waals surface area (Å²) in [5.74, 6) is 2.46. The van der Waals surface area contributed by atoms with Crippen LogP contribution in [0.5, 0.6) is 11.5 Å². The molecule has 5 rings (SSSR count). The predicted molar refractivity (Wildman–Crippen MR) is 150 cm³/mol. The number of carbonyl (C=O) groups is 1. The van der Waals surface area contributed by atoms with Gasteiger partial charge in [-0.25, -0.2) is 4.79 Å². The minimum absolute atomic E-state index is 0.128. The average Bonchev–Trinajstić information content (AvgIpc) is 2.95. The molecule has 0 amide bonds. The van der Waals surface area contributed by atoms with Gasteiger partial charge in [-0.05, 0) is 82.2 Å². The summed E-state index contributed by atoms with van der Waals surface area (Å²) in [5.41, 5.74) is 6.70. The number of benzene rings is 1. The van der Waals surface area contributed by atoms with Crippen LogP contribution in [0.3, 0.4) is 0 Å². The minimum Gasteiger partial charge on any atom is -0.450 e. The minimum atomic E-state index is -0.258. The average molecular weight is 523 g/mol. The molecule has 9 heteroatoms. The quantitative estimate of drug-likeness (QED) is 0.253. The number of nitrogens with zero attached hydrogens (tertiary/aromatic N) is 3. The lowest BCUT2D eigenvalue weighted by molar-refractivity contribution is 0.0977. The van der Waals surface area contributed by atoms with Crippen LogP contribution in [0.2, 0.25) is 0 Å². The highest BCUT2D eigenvalue weighted by atomic mass is 16.5. The zero-order valence-electron chi connectivity index (χ0n) is 22.4. The Morgan fingerprint density at radius 1 is 1.05 bits per heavy atom. The van der Waals surface area contributed by atoms with Gasteiger partial charge in [0.15, 0.2) is 23.1 Å². The van der Waals surface area contributed by atoms with Gasteiger partial charge in [-0.3, -0.25) is 9.36 Å². The van der Waals surface area contributed by atoms with Gasteiger partial charge in [0.1, 0.15) is 0 Å². The normalized spacial score (nSPS) is 21.2. The number of rotatable bonds is 11. The third kappa shape index (κ3) is 6.62. The van der Waals surface area contributed by atoms with Crippen molar-refractivity contribution in [2.75, 3.05) is 44.6 Å². The Hall–Kier alpha value is -2.75. The van der Waals surface area contributed by atoms with E-state index in [9.17, 15) is 9.59 Å². The number of carbonyl (C=O) groups excluding carboxylic acids is 1. The molecule has 2 aliphatic heterocycles. The van der Waals surface area contributed by atoms with Crippen molar-refractivity contribution in [3.63, 3.8) is 0 Å². The summed E-state index contributed by atoms with van der Waals surface area (Å²) >= 11 is 0. The number of nitrogens with two attached hydrogens (primary N) is 1. The Morgan fingerprint density at radius 2 is 1.87 bits per heavy atom. The molecule has 3 heterocycles. The molecular formula is C29H42N6O3. The number of fused-ring (bicyclic) bond motifs is 2. The maximum Gasteiger partial charge on any atom is 0.350 e. The topological polar surface area (TPSA) is 115 Å². The Bertz CT molecular complexity index is 1150. The van der Waals surface area contributed by atoms with Crippen molar-refractivity contribution in [2.24, 2.45) is 11.7 Å². The number of aromatic nitrogens is 2. The van der Waals surface area contributed by atoms with E-state index in [1.165, 1.54) is 12.8 Å². The first-order chi connectivity index (χ1) is 18.6. The maximum absolute atomic E-state index is 12.9. The first kappa shape index (κ1) is 26.8. The van der Waals surface area contributed by atoms with Gasteiger partial charge in [0.25, 0.3) is 0 Å². The van der Waals surface area contributed by atoms with Crippen molar-refractivity contribution >= 4 is 17.3 Å². The van der Waals surface area contributed by atoms with Crippen molar-refractivity contribution in [1.82, 2.24) is 19.8 Å². The highest BCUT2D eigenvalue weighted by Crippen LogP contribution is 2.42. The van der Waals surface area contributed by atoms with E-state index in [2.05, 4.69) is 20.5 Å². The maximum atomic E-state index is 12.9. The van der Waals surface area contributed by atoms with E-state index in [0.717, 1.165) is 90.1 Å². The molecule has 0 unspecified atom stereocenters. The van der Waals surface area contributed by atoms with Crippen LogP contribution in [-0.4, -0.2) is 59.5 Å². The van der Waals surface area contributed by atoms with Gasteiger partial charge in [-0.15, -0.1) is 0 Å². The fraction of sp³-hybridized carbons (Fsp3) is 0.621. The summed E-state index contributed by atoms with van der Waals surface area (Å²) in [6, 6.07) is 5.64. The van der Waals surface area contributed by atoms with E-state index in [4.69, 9.17) is 10.5 Å². The number of piperazine rings is 1. The molecule has 1 aromatic heterocycles. The van der Waals surface area contributed by atoms with Crippen LogP contribution in [0.1, 0.15) is 80.6 Å². The van der Waals surface area contributed by atoms with Crippen LogP contribution in [0.15, 0.2) is 29.2 Å². The number of hydrogen-bond donors (Lipinski definition) is 3. The van der Waals surface area contributed by atoms with Crippen LogP contribution >= 0.6 is 0 Å². The van der Waals surface area contributed by atoms with E-state index in [-0.39, 0.29) is 17.5 Å². The fourth-order valence-corrected chi connectivity index (χ4v) is 6.00. The number of ketones is 1. The molecule has 0 spiro atoms. The van der Waals surface area contributed by atoms with Gasteiger partial charge in [-0.2, -0.15) is 4.98 Å². The lowest BCUT2D eigenvalue weighted by atomic mass is 9.83. The van der Waals surface area contributed by atoms with Gasteiger partial charge in [0, 0.05) is 44.2 Å². The molecule has 0 radical (unpaired) electrons. The largest absolute Gasteiger partial charge is 0.450 e. The summed E-state index contributed by atoms with van der Waals surface area (Å²) in [6.45, 7) is 6.07. The summed E-state index contributed by atoms with van der Waals surface area (Å²) in [6.07, 6.45) is 12.0. The number of nitrogens with one attached hydrogen (secondary N) is 2. The zero-order valence-corrected chi connectivity index (χ0v) is 22.4. The zero-order chi connectivity index (χ0) is 26.3. The summed E-state index contributed by atoms with van der Waals surface area (Å²) in [5, 5.41) is 6.60. The monoisotopic (exact) mass is 522 g/mol. The lowest BCUT2D eigenvalue weighted by Crippen LogP contribution is -2.43. The Labute approximate surface area is 225 Å². The second-order valence-corrected chi connectivity index (χ2v) is 11.0. The summed E-state index contributed by atoms with van der Waals surface area (Å²) < 4.78 is 7.88. The van der Waals surface area contributed by atoms with Crippen LogP contribution in [-0.2, 0) is 0 Å². The van der Waals surface area contributed by atoms with Gasteiger partial charge in [0.05, 0.1) is 11.9 Å². The molecule has 206 valence electrons. The molecule has 1 saturated heterocycles. The second-order valence-electron chi connectivity index (χ2n) is 11.0. The van der Waals surface area contributed by atoms with Gasteiger partial charge in [-0.1, -0.05) is 12.8 Å². The van der Waals surface area contributed by atoms with Gasteiger partial charge >= 0.3 is 5.69 Å². The predicted octanol–water partition coefficient (Wildman–Crippen LogP) is 4.21. The van der Waals surface area contributed by atoms with E-state index in [1.807, 2.05) is 18.2 Å². The molecule has 2 fully saturated rings. The van der Waals surface area contributed by atoms with Crippen LogP contribution in [0, 0.1) is 5.92 Å².